The van der Waals surface area contributed by atoms with E-state index in [0.29, 0.717) is 12.1 Å². The van der Waals surface area contributed by atoms with Crippen LogP contribution in [0.2, 0.25) is 0 Å². The molecule has 0 fully saturated rings. The Hall–Kier alpha value is -1.91. The van der Waals surface area contributed by atoms with Crippen LogP contribution >= 0.6 is 0 Å². The van der Waals surface area contributed by atoms with Gasteiger partial charge in [0.15, 0.2) is 0 Å². The van der Waals surface area contributed by atoms with Gasteiger partial charge in [0, 0.05) is 0 Å². The van der Waals surface area contributed by atoms with Crippen LogP contribution in [0.4, 0.5) is 9.18 Å². The molecule has 1 unspecified atom stereocenters. The number of pyridine rings is 1. The highest BCUT2D eigenvalue weighted by molar-refractivity contribution is 5.68. The van der Waals surface area contributed by atoms with Crippen LogP contribution in [0, 0.1) is 5.82 Å². The summed E-state index contributed by atoms with van der Waals surface area (Å²) < 4.78 is 19.0. The molecule has 4 nitrogen and oxygen atoms in total. The molecule has 0 saturated heterocycles. The van der Waals surface area contributed by atoms with E-state index in [-0.39, 0.29) is 5.69 Å². The fourth-order valence-electron chi connectivity index (χ4n) is 1.65. The number of carbonyl (C=O) groups is 1. The quantitative estimate of drug-likeness (QED) is 0.911. The van der Waals surface area contributed by atoms with Gasteiger partial charge in [-0.1, -0.05) is 13.5 Å². The van der Waals surface area contributed by atoms with E-state index in [0.717, 1.165) is 0 Å². The number of aromatic nitrogens is 1. The summed E-state index contributed by atoms with van der Waals surface area (Å²) in [6, 6.07) is 2.31. The molecule has 1 N–H and O–H groups in total. The molecule has 0 bridgehead atoms. The monoisotopic (exact) mass is 280 g/mol. The first-order valence-electron chi connectivity index (χ1n) is 6.55. The number of carbonyl (C=O) groups excluding carboxylic acids is 1. The fraction of sp³-hybridized carbons (Fsp3) is 0.467. The summed E-state index contributed by atoms with van der Waals surface area (Å²) >= 11 is 0. The Morgan fingerprint density at radius 3 is 2.70 bits per heavy atom. The molecule has 1 heterocycles. The molecule has 20 heavy (non-hydrogen) atoms. The van der Waals surface area contributed by atoms with E-state index in [4.69, 9.17) is 4.74 Å². The summed E-state index contributed by atoms with van der Waals surface area (Å²) in [7, 11) is 0. The molecule has 1 aromatic rings. The zero-order valence-electron chi connectivity index (χ0n) is 12.4. The summed E-state index contributed by atoms with van der Waals surface area (Å²) in [5.74, 6) is -0.460. The molecule has 0 aliphatic carbocycles. The molecule has 110 valence electrons. The molecule has 0 aromatic carbocycles. The molecular weight excluding hydrogens is 259 g/mol. The van der Waals surface area contributed by atoms with Crippen molar-refractivity contribution in [3.8, 4) is 0 Å². The highest BCUT2D eigenvalue weighted by Gasteiger charge is 2.22. The van der Waals surface area contributed by atoms with Gasteiger partial charge in [-0.05, 0) is 45.4 Å². The molecule has 1 amide bonds. The zero-order chi connectivity index (χ0) is 15.3. The van der Waals surface area contributed by atoms with Gasteiger partial charge in [-0.2, -0.15) is 0 Å². The average Bonchev–Trinajstić information content (AvgIpc) is 2.34. The fourth-order valence-corrected chi connectivity index (χ4v) is 1.65. The van der Waals surface area contributed by atoms with E-state index in [9.17, 15) is 9.18 Å². The van der Waals surface area contributed by atoms with Gasteiger partial charge in [0.2, 0.25) is 0 Å². The Labute approximate surface area is 119 Å². The molecule has 1 aromatic heterocycles. The van der Waals surface area contributed by atoms with Crippen molar-refractivity contribution in [3.05, 3.63) is 35.9 Å². The third kappa shape index (κ3) is 4.64. The summed E-state index contributed by atoms with van der Waals surface area (Å²) in [6.07, 6.45) is 1.45. The summed E-state index contributed by atoms with van der Waals surface area (Å²) in [4.78, 5) is 15.9. The standard InChI is InChI=1S/C15H21FN2O2/c1-6-10-8-9-11(16)13(17-10)12(7-2)18-14(19)20-15(3,4)5/h6,8-9,12H,1,7H2,2-5H3,(H,18,19). The highest BCUT2D eigenvalue weighted by Crippen LogP contribution is 2.19. The lowest BCUT2D eigenvalue weighted by Gasteiger charge is -2.23. The SMILES string of the molecule is C=Cc1ccc(F)c(C(CC)NC(=O)OC(C)(C)C)n1. The predicted octanol–water partition coefficient (Wildman–Crippen LogP) is 3.84. The number of ether oxygens (including phenoxy) is 1. The maximum absolute atomic E-state index is 13.8. The first-order chi connectivity index (χ1) is 9.26. The Balaban J connectivity index is 2.91. The van der Waals surface area contributed by atoms with Crippen LogP contribution in [-0.2, 0) is 4.74 Å². The predicted molar refractivity (Wildman–Crippen MR) is 76.7 cm³/mol. The van der Waals surface area contributed by atoms with Crippen LogP contribution in [0.25, 0.3) is 6.08 Å². The van der Waals surface area contributed by atoms with Crippen LogP contribution in [0.5, 0.6) is 0 Å². The Morgan fingerprint density at radius 1 is 1.55 bits per heavy atom. The van der Waals surface area contributed by atoms with Crippen molar-refractivity contribution in [2.45, 2.75) is 45.8 Å². The van der Waals surface area contributed by atoms with Crippen molar-refractivity contribution >= 4 is 12.2 Å². The molecule has 1 rings (SSSR count). The molecular formula is C15H21FN2O2. The van der Waals surface area contributed by atoms with Crippen molar-refractivity contribution in [1.82, 2.24) is 10.3 Å². The van der Waals surface area contributed by atoms with E-state index < -0.39 is 23.6 Å². The maximum atomic E-state index is 13.8. The molecule has 0 aliphatic heterocycles. The van der Waals surface area contributed by atoms with Gasteiger partial charge in [-0.3, -0.25) is 0 Å². The van der Waals surface area contributed by atoms with Crippen LogP contribution in [0.15, 0.2) is 18.7 Å². The minimum Gasteiger partial charge on any atom is -0.444 e. The van der Waals surface area contributed by atoms with Gasteiger partial charge in [-0.15, -0.1) is 0 Å². The number of hydrogen-bond acceptors (Lipinski definition) is 3. The molecule has 0 radical (unpaired) electrons. The van der Waals surface area contributed by atoms with Crippen molar-refractivity contribution < 1.29 is 13.9 Å². The lowest BCUT2D eigenvalue weighted by Crippen LogP contribution is -2.35. The first-order valence-corrected chi connectivity index (χ1v) is 6.55. The molecule has 0 spiro atoms. The summed E-state index contributed by atoms with van der Waals surface area (Å²) in [5.41, 5.74) is 0.152. The van der Waals surface area contributed by atoms with E-state index in [2.05, 4.69) is 16.9 Å². The topological polar surface area (TPSA) is 51.2 Å². The molecule has 0 aliphatic rings. The van der Waals surface area contributed by atoms with E-state index >= 15 is 0 Å². The van der Waals surface area contributed by atoms with E-state index in [1.807, 2.05) is 6.92 Å². The Bertz CT molecular complexity index is 495. The number of rotatable bonds is 4. The van der Waals surface area contributed by atoms with Gasteiger partial charge >= 0.3 is 6.09 Å². The normalized spacial score (nSPS) is 12.7. The summed E-state index contributed by atoms with van der Waals surface area (Å²) in [6.45, 7) is 10.7. The second-order valence-electron chi connectivity index (χ2n) is 5.41. The van der Waals surface area contributed by atoms with Crippen LogP contribution in [0.1, 0.15) is 51.5 Å². The van der Waals surface area contributed by atoms with Gasteiger partial charge < -0.3 is 10.1 Å². The molecule has 5 heteroatoms. The van der Waals surface area contributed by atoms with E-state index in [1.54, 1.807) is 20.8 Å². The number of nitrogens with one attached hydrogen (secondary N) is 1. The second-order valence-corrected chi connectivity index (χ2v) is 5.41. The lowest BCUT2D eigenvalue weighted by molar-refractivity contribution is 0.0500. The van der Waals surface area contributed by atoms with Crippen LogP contribution in [-0.4, -0.2) is 16.7 Å². The average molecular weight is 280 g/mol. The summed E-state index contributed by atoms with van der Waals surface area (Å²) in [5, 5.41) is 2.63. The molecule has 0 saturated carbocycles. The number of hydrogen-bond donors (Lipinski definition) is 1. The van der Waals surface area contributed by atoms with Crippen molar-refractivity contribution in [1.29, 1.82) is 0 Å². The number of halogens is 1. The van der Waals surface area contributed by atoms with Gasteiger partial charge in [0.1, 0.15) is 11.4 Å². The van der Waals surface area contributed by atoms with Gasteiger partial charge in [0.25, 0.3) is 0 Å². The minimum absolute atomic E-state index is 0.191. The van der Waals surface area contributed by atoms with Crippen molar-refractivity contribution in [2.24, 2.45) is 0 Å². The third-order valence-corrected chi connectivity index (χ3v) is 2.53. The van der Waals surface area contributed by atoms with Gasteiger partial charge in [-0.25, -0.2) is 14.2 Å². The third-order valence-electron chi connectivity index (χ3n) is 2.53. The Morgan fingerprint density at radius 2 is 2.20 bits per heavy atom. The smallest absolute Gasteiger partial charge is 0.408 e. The van der Waals surface area contributed by atoms with Gasteiger partial charge in [0.05, 0.1) is 17.4 Å². The minimum atomic E-state index is -0.600. The number of amides is 1. The lowest BCUT2D eigenvalue weighted by atomic mass is 10.1. The largest absolute Gasteiger partial charge is 0.444 e. The second kappa shape index (κ2) is 6.50. The maximum Gasteiger partial charge on any atom is 0.408 e. The number of alkyl carbamates (subject to hydrolysis) is 1. The Kier molecular flexibility index (Phi) is 5.25. The number of nitrogens with zero attached hydrogens (tertiary/aromatic N) is 1. The van der Waals surface area contributed by atoms with E-state index in [1.165, 1.54) is 18.2 Å². The highest BCUT2D eigenvalue weighted by atomic mass is 19.1. The van der Waals surface area contributed by atoms with Crippen LogP contribution < -0.4 is 5.32 Å². The first kappa shape index (κ1) is 16.1. The zero-order valence-corrected chi connectivity index (χ0v) is 12.4. The van der Waals surface area contributed by atoms with Crippen molar-refractivity contribution in [3.63, 3.8) is 0 Å². The van der Waals surface area contributed by atoms with Crippen LogP contribution in [0.3, 0.4) is 0 Å². The molecule has 1 atom stereocenters. The van der Waals surface area contributed by atoms with Crippen molar-refractivity contribution in [2.75, 3.05) is 0 Å².